The third-order valence-corrected chi connectivity index (χ3v) is 3.68. The first-order valence-corrected chi connectivity index (χ1v) is 7.12. The van der Waals surface area contributed by atoms with Gasteiger partial charge in [-0.3, -0.25) is 4.79 Å². The molecule has 0 spiro atoms. The zero-order valence-corrected chi connectivity index (χ0v) is 12.1. The summed E-state index contributed by atoms with van der Waals surface area (Å²) in [4.78, 5) is 14.5. The average Bonchev–Trinajstić information content (AvgIpc) is 3.22. The molecule has 1 aliphatic carbocycles. The number of nitrogens with one attached hydrogen (secondary N) is 1. The highest BCUT2D eigenvalue weighted by molar-refractivity contribution is 5.79. The molecule has 0 bridgehead atoms. The van der Waals surface area contributed by atoms with Crippen LogP contribution in [0.25, 0.3) is 0 Å². The molecule has 1 fully saturated rings. The second-order valence-electron chi connectivity index (χ2n) is 5.64. The molecule has 1 saturated carbocycles. The van der Waals surface area contributed by atoms with Crippen molar-refractivity contribution in [3.63, 3.8) is 0 Å². The van der Waals surface area contributed by atoms with Gasteiger partial charge >= 0.3 is 0 Å². The number of benzene rings is 1. The van der Waals surface area contributed by atoms with Crippen molar-refractivity contribution in [1.29, 1.82) is 0 Å². The fraction of sp³-hybridized carbons (Fsp3) is 0.562. The van der Waals surface area contributed by atoms with Crippen LogP contribution in [0.1, 0.15) is 30.9 Å². The number of aryl methyl sites for hydroxylation is 1. The normalized spacial score (nSPS) is 16.2. The van der Waals surface area contributed by atoms with Gasteiger partial charge in [0.05, 0.1) is 0 Å². The maximum atomic E-state index is 12.5. The molecule has 1 N–H and O–H groups in total. The Morgan fingerprint density at radius 2 is 2.00 bits per heavy atom. The van der Waals surface area contributed by atoms with Crippen LogP contribution in [0.15, 0.2) is 24.3 Å². The first kappa shape index (κ1) is 14.1. The maximum absolute atomic E-state index is 12.5. The minimum absolute atomic E-state index is 0.0519. The molecule has 1 aromatic carbocycles. The standard InChI is InChI=1S/C16H24N2O/c1-12-4-6-14(7-5-12)11-18(15-8-9-15)16(19)13(2)10-17-3/h4-7,13,15,17H,8-11H2,1-3H3. The van der Waals surface area contributed by atoms with Crippen LogP contribution in [0.3, 0.4) is 0 Å². The lowest BCUT2D eigenvalue weighted by Crippen LogP contribution is -2.39. The van der Waals surface area contributed by atoms with E-state index in [2.05, 4.69) is 41.4 Å². The minimum atomic E-state index is 0.0519. The number of hydrogen-bond acceptors (Lipinski definition) is 2. The molecule has 0 saturated heterocycles. The highest BCUT2D eigenvalue weighted by atomic mass is 16.2. The summed E-state index contributed by atoms with van der Waals surface area (Å²) in [7, 11) is 1.89. The third-order valence-electron chi connectivity index (χ3n) is 3.68. The summed E-state index contributed by atoms with van der Waals surface area (Å²) in [6.45, 7) is 5.58. The summed E-state index contributed by atoms with van der Waals surface area (Å²) >= 11 is 0. The number of amides is 1. The van der Waals surface area contributed by atoms with E-state index in [9.17, 15) is 4.79 Å². The second-order valence-corrected chi connectivity index (χ2v) is 5.64. The van der Waals surface area contributed by atoms with E-state index in [1.54, 1.807) is 0 Å². The fourth-order valence-corrected chi connectivity index (χ4v) is 2.34. The van der Waals surface area contributed by atoms with E-state index < -0.39 is 0 Å². The van der Waals surface area contributed by atoms with Crippen molar-refractivity contribution in [2.75, 3.05) is 13.6 Å². The number of rotatable bonds is 6. The first-order chi connectivity index (χ1) is 9.11. The van der Waals surface area contributed by atoms with Crippen LogP contribution < -0.4 is 5.32 Å². The van der Waals surface area contributed by atoms with Gasteiger partial charge in [-0.15, -0.1) is 0 Å². The largest absolute Gasteiger partial charge is 0.335 e. The van der Waals surface area contributed by atoms with Crippen molar-refractivity contribution in [1.82, 2.24) is 10.2 Å². The summed E-state index contributed by atoms with van der Waals surface area (Å²) in [6.07, 6.45) is 2.31. The van der Waals surface area contributed by atoms with Crippen LogP contribution in [-0.4, -0.2) is 30.4 Å². The fourth-order valence-electron chi connectivity index (χ4n) is 2.34. The van der Waals surface area contributed by atoms with E-state index in [0.29, 0.717) is 6.04 Å². The van der Waals surface area contributed by atoms with E-state index in [1.807, 2.05) is 14.0 Å². The molecule has 0 aromatic heterocycles. The zero-order valence-electron chi connectivity index (χ0n) is 12.1. The maximum Gasteiger partial charge on any atom is 0.227 e. The van der Waals surface area contributed by atoms with E-state index >= 15 is 0 Å². The topological polar surface area (TPSA) is 32.3 Å². The lowest BCUT2D eigenvalue weighted by Gasteiger charge is -2.26. The van der Waals surface area contributed by atoms with Gasteiger partial charge in [-0.05, 0) is 32.4 Å². The van der Waals surface area contributed by atoms with Crippen LogP contribution in [0.2, 0.25) is 0 Å². The molecule has 1 amide bonds. The van der Waals surface area contributed by atoms with Gasteiger partial charge in [-0.25, -0.2) is 0 Å². The Morgan fingerprint density at radius 1 is 1.37 bits per heavy atom. The molecule has 1 aromatic rings. The van der Waals surface area contributed by atoms with Crippen LogP contribution in [0.4, 0.5) is 0 Å². The van der Waals surface area contributed by atoms with Crippen molar-refractivity contribution in [2.24, 2.45) is 5.92 Å². The van der Waals surface area contributed by atoms with Crippen molar-refractivity contribution in [3.8, 4) is 0 Å². The monoisotopic (exact) mass is 260 g/mol. The smallest absolute Gasteiger partial charge is 0.227 e. The van der Waals surface area contributed by atoms with Crippen LogP contribution in [0, 0.1) is 12.8 Å². The third kappa shape index (κ3) is 3.80. The van der Waals surface area contributed by atoms with Crippen molar-refractivity contribution >= 4 is 5.91 Å². The molecular formula is C16H24N2O. The van der Waals surface area contributed by atoms with E-state index in [4.69, 9.17) is 0 Å². The Bertz CT molecular complexity index is 423. The van der Waals surface area contributed by atoms with Crippen LogP contribution in [0.5, 0.6) is 0 Å². The van der Waals surface area contributed by atoms with Gasteiger partial charge in [0.15, 0.2) is 0 Å². The van der Waals surface area contributed by atoms with E-state index in [-0.39, 0.29) is 11.8 Å². The summed E-state index contributed by atoms with van der Waals surface area (Å²) in [5.74, 6) is 0.327. The molecule has 0 heterocycles. The quantitative estimate of drug-likeness (QED) is 0.851. The predicted octanol–water partition coefficient (Wildman–Crippen LogP) is 2.34. The summed E-state index contributed by atoms with van der Waals surface area (Å²) in [6, 6.07) is 8.94. The Hall–Kier alpha value is -1.35. The second kappa shape index (κ2) is 6.20. The van der Waals surface area contributed by atoms with Crippen LogP contribution >= 0.6 is 0 Å². The molecular weight excluding hydrogens is 236 g/mol. The summed E-state index contributed by atoms with van der Waals surface area (Å²) in [5.41, 5.74) is 2.49. The summed E-state index contributed by atoms with van der Waals surface area (Å²) in [5, 5.41) is 3.09. The zero-order chi connectivity index (χ0) is 13.8. The van der Waals surface area contributed by atoms with Gasteiger partial charge in [0.2, 0.25) is 5.91 Å². The van der Waals surface area contributed by atoms with Crippen molar-refractivity contribution < 1.29 is 4.79 Å². The highest BCUT2D eigenvalue weighted by Gasteiger charge is 2.34. The van der Waals surface area contributed by atoms with Gasteiger partial charge < -0.3 is 10.2 Å². The van der Waals surface area contributed by atoms with Gasteiger partial charge in [0, 0.05) is 25.0 Å². The number of hydrogen-bond donors (Lipinski definition) is 1. The molecule has 2 rings (SSSR count). The molecule has 3 heteroatoms. The number of carbonyl (C=O) groups is 1. The van der Waals surface area contributed by atoms with Gasteiger partial charge in [-0.1, -0.05) is 36.8 Å². The SMILES string of the molecule is CNCC(C)C(=O)N(Cc1ccc(C)cc1)C1CC1. The lowest BCUT2D eigenvalue weighted by atomic mass is 10.1. The Kier molecular flexibility index (Phi) is 4.59. The minimum Gasteiger partial charge on any atom is -0.335 e. The van der Waals surface area contributed by atoms with Gasteiger partial charge in [-0.2, -0.15) is 0 Å². The molecule has 0 aliphatic heterocycles. The average molecular weight is 260 g/mol. The molecule has 1 unspecified atom stereocenters. The highest BCUT2D eigenvalue weighted by Crippen LogP contribution is 2.29. The summed E-state index contributed by atoms with van der Waals surface area (Å²) < 4.78 is 0. The molecule has 1 aliphatic rings. The Balaban J connectivity index is 2.04. The van der Waals surface area contributed by atoms with E-state index in [1.165, 1.54) is 11.1 Å². The first-order valence-electron chi connectivity index (χ1n) is 7.12. The Labute approximate surface area is 116 Å². The lowest BCUT2D eigenvalue weighted by molar-refractivity contribution is -0.136. The van der Waals surface area contributed by atoms with Crippen LogP contribution in [-0.2, 0) is 11.3 Å². The molecule has 19 heavy (non-hydrogen) atoms. The van der Waals surface area contributed by atoms with E-state index in [0.717, 1.165) is 25.9 Å². The number of carbonyl (C=O) groups excluding carboxylic acids is 1. The predicted molar refractivity (Wildman–Crippen MR) is 77.8 cm³/mol. The molecule has 1 atom stereocenters. The molecule has 3 nitrogen and oxygen atoms in total. The molecule has 104 valence electrons. The van der Waals surface area contributed by atoms with Gasteiger partial charge in [0.25, 0.3) is 0 Å². The Morgan fingerprint density at radius 3 is 2.53 bits per heavy atom. The molecule has 0 radical (unpaired) electrons. The van der Waals surface area contributed by atoms with Gasteiger partial charge in [0.1, 0.15) is 0 Å². The number of nitrogens with zero attached hydrogens (tertiary/aromatic N) is 1. The van der Waals surface area contributed by atoms with Crippen molar-refractivity contribution in [2.45, 2.75) is 39.3 Å². The van der Waals surface area contributed by atoms with Crippen molar-refractivity contribution in [3.05, 3.63) is 35.4 Å².